The van der Waals surface area contributed by atoms with Gasteiger partial charge in [-0.05, 0) is 26.7 Å². The first-order chi connectivity index (χ1) is 16.9. The van der Waals surface area contributed by atoms with Crippen LogP contribution in [0.3, 0.4) is 0 Å². The smallest absolute Gasteiger partial charge is 0.332 e. The average Bonchev–Trinajstić information content (AvgIpc) is 2.85. The normalized spacial score (nSPS) is 17.3. The van der Waals surface area contributed by atoms with Gasteiger partial charge < -0.3 is 34.5 Å². The summed E-state index contributed by atoms with van der Waals surface area (Å²) in [7, 11) is 0. The number of morpholine rings is 1. The van der Waals surface area contributed by atoms with Crippen molar-refractivity contribution in [2.75, 3.05) is 56.3 Å². The molecule has 0 aromatic heterocycles. The van der Waals surface area contributed by atoms with E-state index in [4.69, 9.17) is 18.9 Å². The van der Waals surface area contributed by atoms with E-state index < -0.39 is 24.0 Å². The summed E-state index contributed by atoms with van der Waals surface area (Å²) in [5, 5.41) is 5.54. The van der Waals surface area contributed by atoms with E-state index in [2.05, 4.69) is 15.5 Å². The van der Waals surface area contributed by atoms with Crippen molar-refractivity contribution in [3.63, 3.8) is 0 Å². The predicted octanol–water partition coefficient (Wildman–Crippen LogP) is 2.64. The fourth-order valence-electron chi connectivity index (χ4n) is 4.57. The molecule has 10 nitrogen and oxygen atoms in total. The van der Waals surface area contributed by atoms with Crippen LogP contribution in [0, 0.1) is 0 Å². The number of esters is 1. The number of benzene rings is 1. The first kappa shape index (κ1) is 26.6. The van der Waals surface area contributed by atoms with Crippen LogP contribution in [-0.4, -0.2) is 69.4 Å². The fourth-order valence-corrected chi connectivity index (χ4v) is 4.57. The molecule has 3 rings (SSSR count). The highest BCUT2D eigenvalue weighted by atomic mass is 16.5. The molecule has 1 aliphatic heterocycles. The molecular weight excluding hydrogens is 454 g/mol. The highest BCUT2D eigenvalue weighted by Crippen LogP contribution is 2.39. The van der Waals surface area contributed by atoms with Crippen molar-refractivity contribution in [3.05, 3.63) is 12.1 Å². The van der Waals surface area contributed by atoms with Crippen molar-refractivity contribution < 1.29 is 33.3 Å². The summed E-state index contributed by atoms with van der Waals surface area (Å²) < 4.78 is 22.5. The molecule has 1 aromatic carbocycles. The number of amides is 2. The molecule has 0 bridgehead atoms. The van der Waals surface area contributed by atoms with Crippen molar-refractivity contribution in [2.45, 2.75) is 58.4 Å². The van der Waals surface area contributed by atoms with Crippen LogP contribution in [0.15, 0.2) is 12.1 Å². The highest BCUT2D eigenvalue weighted by molar-refractivity contribution is 5.96. The van der Waals surface area contributed by atoms with Gasteiger partial charge in [-0.25, -0.2) is 4.79 Å². The summed E-state index contributed by atoms with van der Waals surface area (Å²) >= 11 is 0. The molecule has 2 N–H and O–H groups in total. The van der Waals surface area contributed by atoms with Gasteiger partial charge in [0.25, 0.3) is 5.91 Å². The number of carbonyl (C=O) groups excluding carboxylic acids is 3. The molecule has 1 heterocycles. The maximum absolute atomic E-state index is 12.9. The molecule has 10 heteroatoms. The lowest BCUT2D eigenvalue weighted by Gasteiger charge is -2.35. The molecule has 0 spiro atoms. The van der Waals surface area contributed by atoms with Crippen molar-refractivity contribution in [2.24, 2.45) is 0 Å². The van der Waals surface area contributed by atoms with E-state index in [-0.39, 0.29) is 5.91 Å². The van der Waals surface area contributed by atoms with Crippen molar-refractivity contribution in [1.29, 1.82) is 0 Å². The van der Waals surface area contributed by atoms with Crippen LogP contribution < -0.4 is 25.0 Å². The Bertz CT molecular complexity index is 893. The predicted molar refractivity (Wildman–Crippen MR) is 131 cm³/mol. The number of nitrogens with zero attached hydrogens (tertiary/aromatic N) is 1. The third-order valence-corrected chi connectivity index (χ3v) is 6.13. The lowest BCUT2D eigenvalue weighted by atomic mass is 9.81. The second-order valence-electron chi connectivity index (χ2n) is 8.73. The Hall–Kier alpha value is -3.01. The Morgan fingerprint density at radius 1 is 1.00 bits per heavy atom. The summed E-state index contributed by atoms with van der Waals surface area (Å²) in [5.74, 6) is -0.255. The maximum atomic E-state index is 12.9. The zero-order chi connectivity index (χ0) is 25.3. The number of anilines is 2. The topological polar surface area (TPSA) is 115 Å². The first-order valence-electron chi connectivity index (χ1n) is 12.4. The summed E-state index contributed by atoms with van der Waals surface area (Å²) in [6.07, 6.45) is 3.63. The molecule has 1 saturated carbocycles. The van der Waals surface area contributed by atoms with E-state index >= 15 is 0 Å². The number of rotatable bonds is 10. The first-order valence-corrected chi connectivity index (χ1v) is 12.4. The highest BCUT2D eigenvalue weighted by Gasteiger charge is 2.42. The largest absolute Gasteiger partial charge is 0.492 e. The average molecular weight is 492 g/mol. The molecule has 1 aliphatic carbocycles. The lowest BCUT2D eigenvalue weighted by molar-refractivity contribution is -0.157. The molecule has 2 aliphatic rings. The van der Waals surface area contributed by atoms with Crippen LogP contribution in [-0.2, 0) is 23.9 Å². The van der Waals surface area contributed by atoms with Gasteiger partial charge in [-0.15, -0.1) is 0 Å². The van der Waals surface area contributed by atoms with Crippen LogP contribution in [0.5, 0.6) is 11.5 Å². The molecule has 2 fully saturated rings. The molecular formula is C25H37N3O7. The summed E-state index contributed by atoms with van der Waals surface area (Å²) in [4.78, 5) is 39.5. The lowest BCUT2D eigenvalue weighted by Crippen LogP contribution is -2.56. The molecule has 2 amide bonds. The number of hydrogen-bond acceptors (Lipinski definition) is 8. The van der Waals surface area contributed by atoms with Gasteiger partial charge in [0.15, 0.2) is 6.61 Å². The van der Waals surface area contributed by atoms with Crippen LogP contribution in [0.25, 0.3) is 0 Å². The number of carbonyl (C=O) groups is 3. The van der Waals surface area contributed by atoms with Crippen molar-refractivity contribution in [1.82, 2.24) is 5.32 Å². The van der Waals surface area contributed by atoms with Gasteiger partial charge in [0, 0.05) is 32.1 Å². The summed E-state index contributed by atoms with van der Waals surface area (Å²) in [5.41, 5.74) is 0.239. The summed E-state index contributed by atoms with van der Waals surface area (Å²) in [6.45, 7) is 8.24. The van der Waals surface area contributed by atoms with Gasteiger partial charge in [-0.3, -0.25) is 9.59 Å². The van der Waals surface area contributed by atoms with Gasteiger partial charge >= 0.3 is 5.97 Å². The number of hydrogen-bond donors (Lipinski definition) is 2. The minimum absolute atomic E-state index is 0.293. The quantitative estimate of drug-likeness (QED) is 0.480. The van der Waals surface area contributed by atoms with Gasteiger partial charge in [0.2, 0.25) is 5.91 Å². The second kappa shape index (κ2) is 12.6. The maximum Gasteiger partial charge on any atom is 0.332 e. The summed E-state index contributed by atoms with van der Waals surface area (Å²) in [6, 6.07) is 3.59. The second-order valence-corrected chi connectivity index (χ2v) is 8.73. The zero-order valence-electron chi connectivity index (χ0n) is 20.9. The van der Waals surface area contributed by atoms with Crippen LogP contribution in [0.2, 0.25) is 0 Å². The van der Waals surface area contributed by atoms with E-state index in [1.54, 1.807) is 6.07 Å². The molecule has 194 valence electrons. The minimum Gasteiger partial charge on any atom is -0.492 e. The Balaban J connectivity index is 1.72. The van der Waals surface area contributed by atoms with E-state index in [0.717, 1.165) is 38.0 Å². The molecule has 1 aromatic rings. The van der Waals surface area contributed by atoms with E-state index in [1.165, 1.54) is 6.92 Å². The fraction of sp³-hybridized carbons (Fsp3) is 0.640. The van der Waals surface area contributed by atoms with Gasteiger partial charge in [0.05, 0.1) is 37.8 Å². The van der Waals surface area contributed by atoms with E-state index in [0.29, 0.717) is 56.5 Å². The molecule has 0 radical (unpaired) electrons. The van der Waals surface area contributed by atoms with E-state index in [9.17, 15) is 14.4 Å². The van der Waals surface area contributed by atoms with E-state index in [1.807, 2.05) is 19.9 Å². The SMILES string of the molecule is CCOc1cc(N2CCOCC2)c(OCC)cc1NC(=O)COC(=O)C1(NC(C)=O)CCCCC1. The minimum atomic E-state index is -1.07. The molecule has 35 heavy (non-hydrogen) atoms. The van der Waals surface area contributed by atoms with Crippen LogP contribution >= 0.6 is 0 Å². The standard InChI is InChI=1S/C25H37N3O7/c1-4-33-21-16-20(28-11-13-32-14-12-28)22(34-5-2)15-19(21)26-23(30)17-35-24(31)25(27-18(3)29)9-7-6-8-10-25/h15-16H,4-14,17H2,1-3H3,(H,26,30)(H,27,29). The zero-order valence-corrected chi connectivity index (χ0v) is 20.9. The van der Waals surface area contributed by atoms with Crippen molar-refractivity contribution >= 4 is 29.2 Å². The Morgan fingerprint density at radius 2 is 1.66 bits per heavy atom. The Morgan fingerprint density at radius 3 is 2.29 bits per heavy atom. The van der Waals surface area contributed by atoms with Gasteiger partial charge in [0.1, 0.15) is 17.0 Å². The molecule has 1 saturated heterocycles. The van der Waals surface area contributed by atoms with Gasteiger partial charge in [-0.2, -0.15) is 0 Å². The van der Waals surface area contributed by atoms with Gasteiger partial charge in [-0.1, -0.05) is 19.3 Å². The third-order valence-electron chi connectivity index (χ3n) is 6.13. The molecule has 0 unspecified atom stereocenters. The number of ether oxygens (including phenoxy) is 4. The Kier molecular flexibility index (Phi) is 9.59. The number of nitrogens with one attached hydrogen (secondary N) is 2. The van der Waals surface area contributed by atoms with Crippen LogP contribution in [0.1, 0.15) is 52.9 Å². The third kappa shape index (κ3) is 7.00. The monoisotopic (exact) mass is 491 g/mol. The van der Waals surface area contributed by atoms with Crippen LogP contribution in [0.4, 0.5) is 11.4 Å². The van der Waals surface area contributed by atoms with Crippen molar-refractivity contribution in [3.8, 4) is 11.5 Å². The Labute approximate surface area is 206 Å². The molecule has 0 atom stereocenters.